The van der Waals surface area contributed by atoms with Gasteiger partial charge in [0.05, 0.1) is 0 Å². The van der Waals surface area contributed by atoms with Crippen LogP contribution in [0.15, 0.2) is 48.8 Å². The second-order valence-electron chi connectivity index (χ2n) is 2.81. The summed E-state index contributed by atoms with van der Waals surface area (Å²) < 4.78 is 0. The van der Waals surface area contributed by atoms with Gasteiger partial charge in [0.2, 0.25) is 0 Å². The van der Waals surface area contributed by atoms with Crippen LogP contribution in [0, 0.1) is 0 Å². The lowest BCUT2D eigenvalue weighted by Crippen LogP contribution is -1.91. The summed E-state index contributed by atoms with van der Waals surface area (Å²) in [6.07, 6.45) is 9.12. The molecule has 1 unspecified atom stereocenters. The van der Waals surface area contributed by atoms with Gasteiger partial charge in [-0.15, -0.1) is 0 Å². The maximum atomic E-state index is 5.21. The van der Waals surface area contributed by atoms with Gasteiger partial charge in [0.1, 0.15) is 0 Å². The maximum absolute atomic E-state index is 5.21. The smallest absolute Gasteiger partial charge is 0.0469 e. The van der Waals surface area contributed by atoms with Crippen LogP contribution in [0.4, 0.5) is 0 Å². The van der Waals surface area contributed by atoms with Crippen LogP contribution in [-0.4, -0.2) is 4.98 Å². The third-order valence-corrected chi connectivity index (χ3v) is 1.78. The van der Waals surface area contributed by atoms with E-state index in [0.717, 1.165) is 5.69 Å². The van der Waals surface area contributed by atoms with Crippen LogP contribution < -0.4 is 5.73 Å². The molecule has 0 spiro atoms. The zero-order valence-electron chi connectivity index (χ0n) is 7.72. The molecule has 2 N–H and O–H groups in total. The van der Waals surface area contributed by atoms with E-state index in [0.29, 0.717) is 5.92 Å². The fourth-order valence-electron chi connectivity index (χ4n) is 1.04. The summed E-state index contributed by atoms with van der Waals surface area (Å²) in [7, 11) is 0. The molecule has 0 aliphatic carbocycles. The highest BCUT2D eigenvalue weighted by molar-refractivity contribution is 5.16. The number of aromatic nitrogens is 1. The average Bonchev–Trinajstić information content (AvgIpc) is 2.19. The van der Waals surface area contributed by atoms with Crippen molar-refractivity contribution in [1.82, 2.24) is 4.98 Å². The average molecular weight is 174 g/mol. The third kappa shape index (κ3) is 3.11. The van der Waals surface area contributed by atoms with E-state index in [9.17, 15) is 0 Å². The number of nitrogens with two attached hydrogens (primary N) is 1. The Bertz CT molecular complexity index is 288. The van der Waals surface area contributed by atoms with Crippen LogP contribution in [0.5, 0.6) is 0 Å². The summed E-state index contributed by atoms with van der Waals surface area (Å²) in [5.41, 5.74) is 6.28. The first-order valence-electron chi connectivity index (χ1n) is 4.30. The van der Waals surface area contributed by atoms with E-state index in [1.54, 1.807) is 12.3 Å². The largest absolute Gasteiger partial charge is 0.405 e. The Morgan fingerprint density at radius 2 is 2.23 bits per heavy atom. The topological polar surface area (TPSA) is 38.9 Å². The molecule has 0 saturated carbocycles. The van der Waals surface area contributed by atoms with Gasteiger partial charge in [0.25, 0.3) is 0 Å². The van der Waals surface area contributed by atoms with Gasteiger partial charge in [0.15, 0.2) is 0 Å². The van der Waals surface area contributed by atoms with Gasteiger partial charge < -0.3 is 5.73 Å². The van der Waals surface area contributed by atoms with E-state index in [1.807, 2.05) is 24.3 Å². The zero-order valence-corrected chi connectivity index (χ0v) is 7.72. The molecular weight excluding hydrogens is 160 g/mol. The minimum Gasteiger partial charge on any atom is -0.405 e. The molecule has 0 saturated heterocycles. The first-order chi connectivity index (χ1) is 6.34. The van der Waals surface area contributed by atoms with Crippen molar-refractivity contribution in [2.45, 2.75) is 12.8 Å². The molecule has 1 atom stereocenters. The van der Waals surface area contributed by atoms with Crippen LogP contribution >= 0.6 is 0 Å². The molecule has 0 aliphatic rings. The summed E-state index contributed by atoms with van der Waals surface area (Å²) in [4.78, 5) is 4.25. The number of hydrogen-bond acceptors (Lipinski definition) is 2. The van der Waals surface area contributed by atoms with Crippen molar-refractivity contribution in [2.75, 3.05) is 0 Å². The molecule has 1 aromatic heterocycles. The lowest BCUT2D eigenvalue weighted by Gasteiger charge is -2.03. The summed E-state index contributed by atoms with van der Waals surface area (Å²) in [6.45, 7) is 2.10. The Labute approximate surface area is 78.8 Å². The van der Waals surface area contributed by atoms with Crippen molar-refractivity contribution >= 4 is 0 Å². The van der Waals surface area contributed by atoms with Gasteiger partial charge in [-0.25, -0.2) is 0 Å². The van der Waals surface area contributed by atoms with Gasteiger partial charge in [-0.2, -0.15) is 0 Å². The third-order valence-electron chi connectivity index (χ3n) is 1.78. The first kappa shape index (κ1) is 9.52. The predicted molar refractivity (Wildman–Crippen MR) is 55.1 cm³/mol. The molecule has 13 heavy (non-hydrogen) atoms. The van der Waals surface area contributed by atoms with Crippen LogP contribution in [0.25, 0.3) is 0 Å². The molecule has 2 heteroatoms. The van der Waals surface area contributed by atoms with E-state index in [4.69, 9.17) is 5.73 Å². The van der Waals surface area contributed by atoms with Gasteiger partial charge in [-0.05, 0) is 24.4 Å². The summed E-state index contributed by atoms with van der Waals surface area (Å²) in [5, 5.41) is 0. The quantitative estimate of drug-likeness (QED) is 0.713. The first-order valence-corrected chi connectivity index (χ1v) is 4.30. The van der Waals surface area contributed by atoms with Crippen molar-refractivity contribution in [3.8, 4) is 0 Å². The summed E-state index contributed by atoms with van der Waals surface area (Å²) in [5.74, 6) is 0.331. The molecule has 0 bridgehead atoms. The van der Waals surface area contributed by atoms with Crippen LogP contribution in [-0.2, 0) is 0 Å². The van der Waals surface area contributed by atoms with Crippen molar-refractivity contribution in [3.05, 3.63) is 54.5 Å². The van der Waals surface area contributed by atoms with Gasteiger partial charge in [-0.3, -0.25) is 4.98 Å². The SMILES string of the molecule is CC(/C=C\C=C/N)c1ccccn1. The summed E-state index contributed by atoms with van der Waals surface area (Å²) in [6, 6.07) is 5.92. The lowest BCUT2D eigenvalue weighted by molar-refractivity contribution is 0.907. The molecule has 0 aromatic carbocycles. The molecule has 1 heterocycles. The van der Waals surface area contributed by atoms with Gasteiger partial charge in [0, 0.05) is 17.8 Å². The predicted octanol–water partition coefficient (Wildman–Crippen LogP) is 2.21. The van der Waals surface area contributed by atoms with Crippen molar-refractivity contribution in [3.63, 3.8) is 0 Å². The number of nitrogens with zero attached hydrogens (tertiary/aromatic N) is 1. The second kappa shape index (κ2) is 5.14. The Kier molecular flexibility index (Phi) is 3.76. The normalized spacial score (nSPS) is 13.9. The van der Waals surface area contributed by atoms with Crippen LogP contribution in [0.2, 0.25) is 0 Å². The Balaban J connectivity index is 2.63. The highest BCUT2D eigenvalue weighted by Crippen LogP contribution is 2.12. The molecule has 1 rings (SSSR count). The van der Waals surface area contributed by atoms with Crippen LogP contribution in [0.1, 0.15) is 18.5 Å². The Morgan fingerprint density at radius 3 is 2.85 bits per heavy atom. The van der Waals surface area contributed by atoms with E-state index >= 15 is 0 Å². The lowest BCUT2D eigenvalue weighted by atomic mass is 10.1. The number of allylic oxidation sites excluding steroid dienone is 3. The standard InChI is InChI=1S/C11H14N2/c1-10(6-2-4-8-12)11-7-3-5-9-13-11/h2-10H,12H2,1H3/b6-2-,8-4-. The minimum absolute atomic E-state index is 0.331. The number of pyridine rings is 1. The molecule has 0 radical (unpaired) electrons. The van der Waals surface area contributed by atoms with Crippen LogP contribution in [0.3, 0.4) is 0 Å². The minimum atomic E-state index is 0.331. The fraction of sp³-hybridized carbons (Fsp3) is 0.182. The monoisotopic (exact) mass is 174 g/mol. The van der Waals surface area contributed by atoms with Crippen molar-refractivity contribution in [2.24, 2.45) is 5.73 Å². The van der Waals surface area contributed by atoms with Gasteiger partial charge in [-0.1, -0.05) is 25.1 Å². The van der Waals surface area contributed by atoms with Crippen molar-refractivity contribution < 1.29 is 0 Å². The highest BCUT2D eigenvalue weighted by atomic mass is 14.7. The number of hydrogen-bond donors (Lipinski definition) is 1. The zero-order chi connectivity index (χ0) is 9.52. The molecule has 0 amide bonds. The second-order valence-corrected chi connectivity index (χ2v) is 2.81. The highest BCUT2D eigenvalue weighted by Gasteiger charge is 1.99. The molecule has 68 valence electrons. The Hall–Kier alpha value is -1.57. The van der Waals surface area contributed by atoms with E-state index in [-0.39, 0.29) is 0 Å². The van der Waals surface area contributed by atoms with E-state index < -0.39 is 0 Å². The molecule has 0 fully saturated rings. The number of rotatable bonds is 3. The molecule has 2 nitrogen and oxygen atoms in total. The fourth-order valence-corrected chi connectivity index (χ4v) is 1.04. The Morgan fingerprint density at radius 1 is 1.38 bits per heavy atom. The molecular formula is C11H14N2. The van der Waals surface area contributed by atoms with Crippen molar-refractivity contribution in [1.29, 1.82) is 0 Å². The van der Waals surface area contributed by atoms with E-state index in [2.05, 4.69) is 18.0 Å². The summed E-state index contributed by atoms with van der Waals surface area (Å²) >= 11 is 0. The molecule has 1 aromatic rings. The maximum Gasteiger partial charge on any atom is 0.0469 e. The molecule has 0 aliphatic heterocycles. The van der Waals surface area contributed by atoms with E-state index in [1.165, 1.54) is 6.20 Å². The van der Waals surface area contributed by atoms with Gasteiger partial charge >= 0.3 is 0 Å².